The Bertz CT molecular complexity index is 284. The molecule has 1 aromatic heterocycles. The smallest absolute Gasteiger partial charge is 0.0591 e. The van der Waals surface area contributed by atoms with Crippen LogP contribution >= 0.6 is 0 Å². The zero-order valence-electron chi connectivity index (χ0n) is 10.6. The monoisotopic (exact) mass is 225 g/mol. The van der Waals surface area contributed by atoms with E-state index < -0.39 is 0 Å². The minimum atomic E-state index is 0.618. The lowest BCUT2D eigenvalue weighted by Gasteiger charge is -2.07. The third kappa shape index (κ3) is 5.88. The van der Waals surface area contributed by atoms with Crippen LogP contribution in [-0.2, 0) is 11.3 Å². The van der Waals surface area contributed by atoms with Gasteiger partial charge in [-0.05, 0) is 18.4 Å². The van der Waals surface area contributed by atoms with Crippen molar-refractivity contribution in [2.24, 2.45) is 5.92 Å². The van der Waals surface area contributed by atoms with Gasteiger partial charge in [0.15, 0.2) is 0 Å². The van der Waals surface area contributed by atoms with Gasteiger partial charge in [-0.3, -0.25) is 4.68 Å². The number of aromatic nitrogens is 2. The molecule has 92 valence electrons. The lowest BCUT2D eigenvalue weighted by molar-refractivity contribution is 0.111. The van der Waals surface area contributed by atoms with Gasteiger partial charge in [-0.2, -0.15) is 5.10 Å². The van der Waals surface area contributed by atoms with Crippen molar-refractivity contribution in [1.82, 2.24) is 15.1 Å². The lowest BCUT2D eigenvalue weighted by Crippen LogP contribution is -2.24. The average molecular weight is 225 g/mol. The third-order valence-electron chi connectivity index (χ3n) is 2.15. The summed E-state index contributed by atoms with van der Waals surface area (Å²) in [5, 5.41) is 7.55. The minimum Gasteiger partial charge on any atom is -0.380 e. The number of hydrogen-bond acceptors (Lipinski definition) is 3. The Balaban J connectivity index is 1.92. The number of hydrogen-bond donors (Lipinski definition) is 1. The molecule has 0 radical (unpaired) electrons. The standard InChI is InChI=1S/C12H23N3O/c1-11(2)10-16-7-5-13-4-6-15-9-12(3)8-14-15/h8-9,11,13H,4-7,10H2,1-3H3. The number of nitrogens with one attached hydrogen (secondary N) is 1. The van der Waals surface area contributed by atoms with E-state index in [2.05, 4.69) is 37.4 Å². The fraction of sp³-hybridized carbons (Fsp3) is 0.750. The highest BCUT2D eigenvalue weighted by atomic mass is 16.5. The summed E-state index contributed by atoms with van der Waals surface area (Å²) in [5.74, 6) is 0.618. The summed E-state index contributed by atoms with van der Waals surface area (Å²) in [5.41, 5.74) is 1.21. The van der Waals surface area contributed by atoms with Gasteiger partial charge in [0.1, 0.15) is 0 Å². The van der Waals surface area contributed by atoms with E-state index in [1.807, 2.05) is 10.9 Å². The summed E-state index contributed by atoms with van der Waals surface area (Å²) < 4.78 is 7.42. The highest BCUT2D eigenvalue weighted by molar-refractivity contribution is 4.99. The fourth-order valence-corrected chi connectivity index (χ4v) is 1.37. The molecule has 0 saturated heterocycles. The van der Waals surface area contributed by atoms with Crippen molar-refractivity contribution in [1.29, 1.82) is 0 Å². The Labute approximate surface area is 98.0 Å². The second kappa shape index (κ2) is 7.41. The first kappa shape index (κ1) is 13.2. The van der Waals surface area contributed by atoms with E-state index in [1.165, 1.54) is 5.56 Å². The van der Waals surface area contributed by atoms with E-state index in [1.54, 1.807) is 0 Å². The molecule has 1 aromatic rings. The first-order valence-corrected chi connectivity index (χ1v) is 5.96. The van der Waals surface area contributed by atoms with Crippen LogP contribution in [0.2, 0.25) is 0 Å². The Morgan fingerprint density at radius 1 is 1.44 bits per heavy atom. The molecule has 16 heavy (non-hydrogen) atoms. The third-order valence-corrected chi connectivity index (χ3v) is 2.15. The van der Waals surface area contributed by atoms with Crippen LogP contribution in [0, 0.1) is 12.8 Å². The van der Waals surface area contributed by atoms with Crippen molar-refractivity contribution in [2.75, 3.05) is 26.3 Å². The summed E-state index contributed by atoms with van der Waals surface area (Å²) in [6, 6.07) is 0. The molecule has 0 amide bonds. The summed E-state index contributed by atoms with van der Waals surface area (Å²) in [4.78, 5) is 0. The van der Waals surface area contributed by atoms with Gasteiger partial charge >= 0.3 is 0 Å². The van der Waals surface area contributed by atoms with Crippen LogP contribution in [0.4, 0.5) is 0 Å². The zero-order valence-corrected chi connectivity index (χ0v) is 10.6. The lowest BCUT2D eigenvalue weighted by atomic mass is 10.2. The molecule has 0 fully saturated rings. The second-order valence-corrected chi connectivity index (χ2v) is 4.50. The Morgan fingerprint density at radius 3 is 2.88 bits per heavy atom. The van der Waals surface area contributed by atoms with E-state index in [4.69, 9.17) is 4.74 Å². The van der Waals surface area contributed by atoms with Crippen LogP contribution in [0.3, 0.4) is 0 Å². The molecule has 1 N–H and O–H groups in total. The number of ether oxygens (including phenoxy) is 1. The first-order chi connectivity index (χ1) is 7.68. The second-order valence-electron chi connectivity index (χ2n) is 4.50. The van der Waals surface area contributed by atoms with Crippen LogP contribution in [0.25, 0.3) is 0 Å². The number of nitrogens with zero attached hydrogens (tertiary/aromatic N) is 2. The largest absolute Gasteiger partial charge is 0.380 e. The maximum absolute atomic E-state index is 5.47. The van der Waals surface area contributed by atoms with E-state index in [-0.39, 0.29) is 0 Å². The Morgan fingerprint density at radius 2 is 2.25 bits per heavy atom. The summed E-state index contributed by atoms with van der Waals surface area (Å²) in [6.07, 6.45) is 3.93. The highest BCUT2D eigenvalue weighted by Gasteiger charge is 1.95. The molecule has 0 bridgehead atoms. The first-order valence-electron chi connectivity index (χ1n) is 5.96. The fourth-order valence-electron chi connectivity index (χ4n) is 1.37. The Kier molecular flexibility index (Phi) is 6.11. The van der Waals surface area contributed by atoms with Crippen molar-refractivity contribution in [3.05, 3.63) is 18.0 Å². The molecular formula is C12H23N3O. The van der Waals surface area contributed by atoms with Crippen LogP contribution in [0.1, 0.15) is 19.4 Å². The molecule has 4 heteroatoms. The number of aryl methyl sites for hydroxylation is 1. The van der Waals surface area contributed by atoms with Gasteiger partial charge in [0.2, 0.25) is 0 Å². The molecule has 1 heterocycles. The molecule has 0 saturated carbocycles. The quantitative estimate of drug-likeness (QED) is 0.681. The van der Waals surface area contributed by atoms with Crippen molar-refractivity contribution < 1.29 is 4.74 Å². The highest BCUT2D eigenvalue weighted by Crippen LogP contribution is 1.93. The van der Waals surface area contributed by atoms with Gasteiger partial charge in [0, 0.05) is 25.9 Å². The van der Waals surface area contributed by atoms with Crippen LogP contribution in [0.15, 0.2) is 12.4 Å². The average Bonchev–Trinajstić information content (AvgIpc) is 2.62. The van der Waals surface area contributed by atoms with Crippen molar-refractivity contribution >= 4 is 0 Å². The maximum Gasteiger partial charge on any atom is 0.0591 e. The van der Waals surface area contributed by atoms with Crippen molar-refractivity contribution in [2.45, 2.75) is 27.3 Å². The molecule has 4 nitrogen and oxygen atoms in total. The summed E-state index contributed by atoms with van der Waals surface area (Å²) in [7, 11) is 0. The molecular weight excluding hydrogens is 202 g/mol. The van der Waals surface area contributed by atoms with Gasteiger partial charge in [0.25, 0.3) is 0 Å². The molecule has 0 spiro atoms. The van der Waals surface area contributed by atoms with E-state index in [0.29, 0.717) is 5.92 Å². The summed E-state index contributed by atoms with van der Waals surface area (Å²) >= 11 is 0. The van der Waals surface area contributed by atoms with E-state index in [9.17, 15) is 0 Å². The molecule has 0 aliphatic heterocycles. The molecule has 0 unspecified atom stereocenters. The molecule has 0 atom stereocenters. The zero-order chi connectivity index (χ0) is 11.8. The van der Waals surface area contributed by atoms with Crippen LogP contribution < -0.4 is 5.32 Å². The Hall–Kier alpha value is -0.870. The summed E-state index contributed by atoms with van der Waals surface area (Å²) in [6.45, 7) is 10.8. The van der Waals surface area contributed by atoms with E-state index >= 15 is 0 Å². The minimum absolute atomic E-state index is 0.618. The predicted molar refractivity (Wildman–Crippen MR) is 65.5 cm³/mol. The molecule has 0 aromatic carbocycles. The van der Waals surface area contributed by atoms with Crippen molar-refractivity contribution in [3.63, 3.8) is 0 Å². The van der Waals surface area contributed by atoms with Gasteiger partial charge < -0.3 is 10.1 Å². The molecule has 0 aliphatic rings. The topological polar surface area (TPSA) is 39.1 Å². The van der Waals surface area contributed by atoms with Gasteiger partial charge in [-0.25, -0.2) is 0 Å². The van der Waals surface area contributed by atoms with Crippen LogP contribution in [0.5, 0.6) is 0 Å². The van der Waals surface area contributed by atoms with Gasteiger partial charge in [-0.1, -0.05) is 13.8 Å². The van der Waals surface area contributed by atoms with Crippen molar-refractivity contribution in [3.8, 4) is 0 Å². The van der Waals surface area contributed by atoms with Gasteiger partial charge in [-0.15, -0.1) is 0 Å². The molecule has 1 rings (SSSR count). The SMILES string of the molecule is Cc1cnn(CCNCCOCC(C)C)c1. The maximum atomic E-state index is 5.47. The van der Waals surface area contributed by atoms with Crippen LogP contribution in [-0.4, -0.2) is 36.1 Å². The normalized spacial score (nSPS) is 11.2. The van der Waals surface area contributed by atoms with Gasteiger partial charge in [0.05, 0.1) is 19.3 Å². The molecule has 0 aliphatic carbocycles. The predicted octanol–water partition coefficient (Wildman–Crippen LogP) is 1.45. The number of rotatable bonds is 8. The van der Waals surface area contributed by atoms with E-state index in [0.717, 1.165) is 32.8 Å².